The van der Waals surface area contributed by atoms with Crippen molar-refractivity contribution in [2.75, 3.05) is 13.2 Å². The Labute approximate surface area is 166 Å². The summed E-state index contributed by atoms with van der Waals surface area (Å²) in [6, 6.07) is 11.4. The van der Waals surface area contributed by atoms with Crippen molar-refractivity contribution in [1.82, 2.24) is 4.90 Å². The number of hydrogen-bond donors (Lipinski definition) is 2. The maximum atomic E-state index is 12.7. The third-order valence-electron chi connectivity index (χ3n) is 4.84. The number of Topliss-reactive ketones (excluding diaryl/α,β-unsaturated/α-hetero) is 1. The lowest BCUT2D eigenvalue weighted by Crippen LogP contribution is -2.31. The van der Waals surface area contributed by atoms with Crippen LogP contribution < -0.4 is 0 Å². The Balaban J connectivity index is 2.14. The predicted octanol–water partition coefficient (Wildman–Crippen LogP) is 2.71. The number of carbonyl (C=O) groups is 2. The Hall–Kier alpha value is -3.52. The average molecular weight is 396 g/mol. The number of hydrogen-bond acceptors (Lipinski definition) is 6. The molecule has 1 amide bonds. The molecule has 0 aromatic heterocycles. The molecule has 1 aliphatic rings. The first-order chi connectivity index (χ1) is 13.8. The predicted molar refractivity (Wildman–Crippen MR) is 105 cm³/mol. The van der Waals surface area contributed by atoms with E-state index >= 15 is 0 Å². The minimum atomic E-state index is -0.899. The zero-order chi connectivity index (χ0) is 21.1. The Bertz CT molecular complexity index is 979. The monoisotopic (exact) mass is 396 g/mol. The van der Waals surface area contributed by atoms with Gasteiger partial charge in [0.05, 0.1) is 16.5 Å². The molecule has 2 aromatic rings. The molecule has 150 valence electrons. The molecule has 0 spiro atoms. The SMILES string of the molecule is Cc1ccc(/C(O)=C2\C(=O)C(=O)N(CCCO)C2c2ccc([N+](=O)[O-])cc2)cc1. The molecule has 1 fully saturated rings. The first-order valence-corrected chi connectivity index (χ1v) is 9.05. The van der Waals surface area contributed by atoms with Crippen LogP contribution in [0.1, 0.15) is 29.2 Å². The molecule has 1 atom stereocenters. The number of nitro groups is 1. The smallest absolute Gasteiger partial charge is 0.295 e. The van der Waals surface area contributed by atoms with Crippen molar-refractivity contribution in [2.24, 2.45) is 0 Å². The molecule has 2 aromatic carbocycles. The highest BCUT2D eigenvalue weighted by molar-refractivity contribution is 6.46. The lowest BCUT2D eigenvalue weighted by atomic mass is 9.95. The zero-order valence-electron chi connectivity index (χ0n) is 15.7. The molecule has 1 unspecified atom stereocenters. The van der Waals surface area contributed by atoms with E-state index in [4.69, 9.17) is 5.11 Å². The van der Waals surface area contributed by atoms with Crippen LogP contribution in [0.3, 0.4) is 0 Å². The molecule has 3 rings (SSSR count). The van der Waals surface area contributed by atoms with Gasteiger partial charge in [-0.25, -0.2) is 0 Å². The van der Waals surface area contributed by atoms with Gasteiger partial charge in [0.1, 0.15) is 5.76 Å². The zero-order valence-corrected chi connectivity index (χ0v) is 15.7. The van der Waals surface area contributed by atoms with Gasteiger partial charge in [-0.3, -0.25) is 19.7 Å². The lowest BCUT2D eigenvalue weighted by Gasteiger charge is -2.25. The van der Waals surface area contributed by atoms with E-state index in [1.54, 1.807) is 24.3 Å². The Morgan fingerprint density at radius 1 is 1.10 bits per heavy atom. The van der Waals surface area contributed by atoms with E-state index in [1.165, 1.54) is 29.2 Å². The van der Waals surface area contributed by atoms with Gasteiger partial charge in [0.15, 0.2) is 0 Å². The Kier molecular flexibility index (Phi) is 5.74. The topological polar surface area (TPSA) is 121 Å². The number of amides is 1. The fourth-order valence-corrected chi connectivity index (χ4v) is 3.34. The van der Waals surface area contributed by atoms with Crippen molar-refractivity contribution in [2.45, 2.75) is 19.4 Å². The van der Waals surface area contributed by atoms with Crippen LogP contribution in [0.25, 0.3) is 5.76 Å². The molecule has 0 aliphatic carbocycles. The second-order valence-electron chi connectivity index (χ2n) is 6.78. The van der Waals surface area contributed by atoms with Gasteiger partial charge in [-0.2, -0.15) is 0 Å². The molecule has 8 nitrogen and oxygen atoms in total. The average Bonchev–Trinajstić information content (AvgIpc) is 2.97. The van der Waals surface area contributed by atoms with E-state index in [9.17, 15) is 24.8 Å². The highest BCUT2D eigenvalue weighted by Gasteiger charge is 2.45. The van der Waals surface area contributed by atoms with E-state index in [2.05, 4.69) is 0 Å². The van der Waals surface area contributed by atoms with Gasteiger partial charge in [-0.05, 0) is 31.0 Å². The maximum absolute atomic E-state index is 12.7. The second-order valence-corrected chi connectivity index (χ2v) is 6.78. The Morgan fingerprint density at radius 2 is 1.72 bits per heavy atom. The number of aliphatic hydroxyl groups is 2. The fraction of sp³-hybridized carbons (Fsp3) is 0.238. The molecule has 1 saturated heterocycles. The van der Waals surface area contributed by atoms with Crippen molar-refractivity contribution in [3.63, 3.8) is 0 Å². The number of ketones is 1. The molecular weight excluding hydrogens is 376 g/mol. The van der Waals surface area contributed by atoms with Crippen molar-refractivity contribution >= 4 is 23.1 Å². The summed E-state index contributed by atoms with van der Waals surface area (Å²) in [7, 11) is 0. The first kappa shape index (κ1) is 20.2. The third kappa shape index (κ3) is 3.88. The van der Waals surface area contributed by atoms with Crippen LogP contribution in [-0.2, 0) is 9.59 Å². The van der Waals surface area contributed by atoms with Gasteiger partial charge < -0.3 is 15.1 Å². The van der Waals surface area contributed by atoms with E-state index in [1.807, 2.05) is 6.92 Å². The second kappa shape index (κ2) is 8.24. The van der Waals surface area contributed by atoms with Crippen LogP contribution in [0, 0.1) is 17.0 Å². The largest absolute Gasteiger partial charge is 0.507 e. The van der Waals surface area contributed by atoms with Crippen LogP contribution in [0.4, 0.5) is 5.69 Å². The molecule has 2 N–H and O–H groups in total. The fourth-order valence-electron chi connectivity index (χ4n) is 3.34. The number of nitrogens with zero attached hydrogens (tertiary/aromatic N) is 2. The molecule has 8 heteroatoms. The quantitative estimate of drug-likeness (QED) is 0.255. The van der Waals surface area contributed by atoms with Crippen molar-refractivity contribution < 1.29 is 24.7 Å². The summed E-state index contributed by atoms with van der Waals surface area (Å²) < 4.78 is 0. The summed E-state index contributed by atoms with van der Waals surface area (Å²) in [5, 5.41) is 30.9. The van der Waals surface area contributed by atoms with Crippen LogP contribution in [-0.4, -0.2) is 44.9 Å². The van der Waals surface area contributed by atoms with Crippen molar-refractivity contribution in [3.05, 3.63) is 80.9 Å². The minimum absolute atomic E-state index is 0.0781. The van der Waals surface area contributed by atoms with Gasteiger partial charge in [-0.1, -0.05) is 29.8 Å². The van der Waals surface area contributed by atoms with Crippen molar-refractivity contribution in [3.8, 4) is 0 Å². The number of benzene rings is 2. The summed E-state index contributed by atoms with van der Waals surface area (Å²) in [5.41, 5.74) is 1.62. The number of likely N-dealkylation sites (tertiary alicyclic amines) is 1. The maximum Gasteiger partial charge on any atom is 0.295 e. The van der Waals surface area contributed by atoms with Gasteiger partial charge in [0, 0.05) is 30.8 Å². The number of aryl methyl sites for hydroxylation is 1. The van der Waals surface area contributed by atoms with E-state index in [-0.39, 0.29) is 36.6 Å². The summed E-state index contributed by atoms with van der Waals surface area (Å²) in [6.07, 6.45) is 0.251. The number of nitro benzene ring substituents is 1. The molecule has 1 aliphatic heterocycles. The number of non-ortho nitro benzene ring substituents is 1. The first-order valence-electron chi connectivity index (χ1n) is 9.05. The van der Waals surface area contributed by atoms with Crippen LogP contribution in [0.15, 0.2) is 54.1 Å². The van der Waals surface area contributed by atoms with Crippen LogP contribution in [0.2, 0.25) is 0 Å². The molecular formula is C21H20N2O6. The minimum Gasteiger partial charge on any atom is -0.507 e. The van der Waals surface area contributed by atoms with Gasteiger partial charge in [-0.15, -0.1) is 0 Å². The molecule has 29 heavy (non-hydrogen) atoms. The standard InChI is InChI=1S/C21H20N2O6/c1-13-3-5-15(6-4-13)19(25)17-18(14-7-9-16(10-8-14)23(28)29)22(11-2-12-24)21(27)20(17)26/h3-10,18,24-25H,2,11-12H2,1H3/b19-17+. The molecule has 1 heterocycles. The summed E-state index contributed by atoms with van der Waals surface area (Å²) in [6.45, 7) is 1.82. The molecule has 0 saturated carbocycles. The highest BCUT2D eigenvalue weighted by atomic mass is 16.6. The number of rotatable bonds is 6. The number of carbonyl (C=O) groups excluding carboxylic acids is 2. The van der Waals surface area contributed by atoms with E-state index in [0.29, 0.717) is 11.1 Å². The summed E-state index contributed by atoms with van der Waals surface area (Å²) in [5.74, 6) is -1.92. The van der Waals surface area contributed by atoms with Crippen LogP contribution >= 0.6 is 0 Å². The molecule has 0 radical (unpaired) electrons. The van der Waals surface area contributed by atoms with E-state index < -0.39 is 22.7 Å². The number of aliphatic hydroxyl groups excluding tert-OH is 2. The third-order valence-corrected chi connectivity index (χ3v) is 4.84. The van der Waals surface area contributed by atoms with Gasteiger partial charge in [0.25, 0.3) is 17.4 Å². The van der Waals surface area contributed by atoms with Crippen molar-refractivity contribution in [1.29, 1.82) is 0 Å². The van der Waals surface area contributed by atoms with E-state index in [0.717, 1.165) is 5.56 Å². The van der Waals surface area contributed by atoms with Gasteiger partial charge >= 0.3 is 0 Å². The normalized spacial score (nSPS) is 18.3. The summed E-state index contributed by atoms with van der Waals surface area (Å²) in [4.78, 5) is 37.0. The van der Waals surface area contributed by atoms with Gasteiger partial charge in [0.2, 0.25) is 0 Å². The Morgan fingerprint density at radius 3 is 2.28 bits per heavy atom. The van der Waals surface area contributed by atoms with Crippen LogP contribution in [0.5, 0.6) is 0 Å². The molecule has 0 bridgehead atoms. The highest BCUT2D eigenvalue weighted by Crippen LogP contribution is 2.39. The summed E-state index contributed by atoms with van der Waals surface area (Å²) >= 11 is 0. The lowest BCUT2D eigenvalue weighted by molar-refractivity contribution is -0.384.